The topological polar surface area (TPSA) is 89.6 Å². The number of thioether (sulfide) groups is 1. The number of anilines is 1. The minimum atomic E-state index is -0.862. The molecule has 28 heavy (non-hydrogen) atoms. The summed E-state index contributed by atoms with van der Waals surface area (Å²) in [5.74, 6) is -0.0898. The lowest BCUT2D eigenvalue weighted by Gasteiger charge is -2.34. The van der Waals surface area contributed by atoms with Crippen LogP contribution < -0.4 is 11.1 Å². The summed E-state index contributed by atoms with van der Waals surface area (Å²) in [5.41, 5.74) is 6.08. The fourth-order valence-electron chi connectivity index (χ4n) is 3.33. The van der Waals surface area contributed by atoms with E-state index in [0.717, 1.165) is 0 Å². The molecule has 148 valence electrons. The molecule has 3 heterocycles. The normalized spacial score (nSPS) is 23.4. The number of carbonyl (C=O) groups is 1. The number of fused-ring (bicyclic) bond motifs is 1. The first kappa shape index (κ1) is 20.6. The number of rotatable bonds is 3. The number of benzene rings is 1. The summed E-state index contributed by atoms with van der Waals surface area (Å²) in [5, 5.41) is 3.59. The monoisotopic (exact) mass is 422 g/mol. The van der Waals surface area contributed by atoms with Crippen LogP contribution in [0, 0.1) is 11.7 Å². The van der Waals surface area contributed by atoms with Gasteiger partial charge in [0.2, 0.25) is 0 Å². The number of aromatic nitrogens is 1. The Hall–Kier alpha value is -2.16. The summed E-state index contributed by atoms with van der Waals surface area (Å²) in [4.78, 5) is 20.9. The molecule has 6 nitrogen and oxygen atoms in total. The zero-order valence-electron chi connectivity index (χ0n) is 14.1. The molecule has 1 aromatic heterocycles. The van der Waals surface area contributed by atoms with E-state index >= 15 is 0 Å². The molecule has 4 rings (SSSR count). The lowest BCUT2D eigenvalue weighted by Crippen LogP contribution is -2.40. The molecule has 2 aromatic rings. The molecule has 0 bridgehead atoms. The Bertz CT molecular complexity index is 925. The Kier molecular flexibility index (Phi) is 5.92. The Labute approximate surface area is 171 Å². The molecule has 0 spiro atoms. The first-order valence-electron chi connectivity index (χ1n) is 8.27. The zero-order valence-corrected chi connectivity index (χ0v) is 15.7. The zero-order chi connectivity index (χ0) is 19.0. The van der Waals surface area contributed by atoms with Crippen molar-refractivity contribution in [2.24, 2.45) is 16.6 Å². The van der Waals surface area contributed by atoms with Crippen LogP contribution in [0.25, 0.3) is 0 Å². The van der Waals surface area contributed by atoms with Gasteiger partial charge in [0.15, 0.2) is 5.17 Å². The van der Waals surface area contributed by atoms with E-state index in [4.69, 9.17) is 22.1 Å². The summed E-state index contributed by atoms with van der Waals surface area (Å²) in [6, 6.07) is 7.51. The van der Waals surface area contributed by atoms with E-state index in [-0.39, 0.29) is 25.6 Å². The summed E-state index contributed by atoms with van der Waals surface area (Å²) in [6.07, 6.45) is 1.39. The van der Waals surface area contributed by atoms with Gasteiger partial charge in [0.05, 0.1) is 18.2 Å². The Morgan fingerprint density at radius 3 is 2.96 bits per heavy atom. The van der Waals surface area contributed by atoms with Gasteiger partial charge < -0.3 is 15.8 Å². The molecule has 1 aromatic carbocycles. The summed E-state index contributed by atoms with van der Waals surface area (Å²) in [6.45, 7) is 0.750. The standard InChI is InChI=1S/C18H16ClFN4O2S.CH4/c19-11-1-4-15(22-6-11)16(25)23-12-2-3-14(20)13(5-12)18-9-26-7-10(18)8-27-17(21)24-18;/h1-6,10H,7-9H2,(H2,21,24)(H,23,25);1H4/t10-,18-;/m0./s1. The molecule has 9 heteroatoms. The van der Waals surface area contributed by atoms with Crippen LogP contribution in [0.2, 0.25) is 5.02 Å². The van der Waals surface area contributed by atoms with Gasteiger partial charge in [-0.05, 0) is 30.3 Å². The molecule has 1 amide bonds. The van der Waals surface area contributed by atoms with Crippen molar-refractivity contribution < 1.29 is 13.9 Å². The maximum absolute atomic E-state index is 14.7. The smallest absolute Gasteiger partial charge is 0.274 e. The Balaban J connectivity index is 0.00000225. The molecule has 3 N–H and O–H groups in total. The van der Waals surface area contributed by atoms with Gasteiger partial charge in [-0.2, -0.15) is 0 Å². The molecule has 1 saturated heterocycles. The number of aliphatic imine (C=N–C) groups is 1. The number of amidine groups is 1. The van der Waals surface area contributed by atoms with Crippen molar-refractivity contribution in [3.63, 3.8) is 0 Å². The number of carbonyl (C=O) groups excluding carboxylic acids is 1. The third-order valence-electron chi connectivity index (χ3n) is 4.71. The SMILES string of the molecule is C.NC1=N[C@@]2(c3cc(NC(=O)c4ccc(Cl)cn4)ccc3F)COC[C@H]2CS1. The second kappa shape index (κ2) is 8.06. The molecular formula is C19H20ClFN4O2S. The van der Waals surface area contributed by atoms with Crippen LogP contribution in [0.5, 0.6) is 0 Å². The van der Waals surface area contributed by atoms with Crippen LogP contribution in [0.3, 0.4) is 0 Å². The highest BCUT2D eigenvalue weighted by Crippen LogP contribution is 2.45. The van der Waals surface area contributed by atoms with Crippen LogP contribution in [-0.2, 0) is 10.3 Å². The highest BCUT2D eigenvalue weighted by atomic mass is 35.5. The fourth-order valence-corrected chi connectivity index (χ4v) is 4.42. The number of ether oxygens (including phenoxy) is 1. The molecule has 0 radical (unpaired) electrons. The van der Waals surface area contributed by atoms with Gasteiger partial charge >= 0.3 is 0 Å². The van der Waals surface area contributed by atoms with Gasteiger partial charge in [-0.15, -0.1) is 0 Å². The van der Waals surface area contributed by atoms with Gasteiger partial charge in [0.1, 0.15) is 17.1 Å². The van der Waals surface area contributed by atoms with Crippen LogP contribution >= 0.6 is 23.4 Å². The van der Waals surface area contributed by atoms with Crippen molar-refractivity contribution in [3.05, 3.63) is 58.6 Å². The number of hydrogen-bond acceptors (Lipinski definition) is 6. The predicted octanol–water partition coefficient (Wildman–Crippen LogP) is 3.67. The number of amides is 1. The second-order valence-corrected chi connectivity index (χ2v) is 7.88. The van der Waals surface area contributed by atoms with E-state index in [1.807, 2.05) is 0 Å². The van der Waals surface area contributed by atoms with Crippen molar-refractivity contribution in [2.45, 2.75) is 13.0 Å². The van der Waals surface area contributed by atoms with E-state index in [9.17, 15) is 9.18 Å². The molecule has 2 aliphatic rings. The molecule has 2 atom stereocenters. The molecule has 1 fully saturated rings. The molecule has 0 saturated carbocycles. The lowest BCUT2D eigenvalue weighted by atomic mass is 9.81. The third kappa shape index (κ3) is 3.72. The molecule has 2 aliphatic heterocycles. The highest BCUT2D eigenvalue weighted by Gasteiger charge is 2.49. The van der Waals surface area contributed by atoms with Crippen molar-refractivity contribution in [1.82, 2.24) is 4.98 Å². The van der Waals surface area contributed by atoms with Crippen LogP contribution in [-0.4, -0.2) is 35.0 Å². The number of halogens is 2. The Morgan fingerprint density at radius 2 is 2.21 bits per heavy atom. The summed E-state index contributed by atoms with van der Waals surface area (Å²) >= 11 is 7.23. The fraction of sp³-hybridized carbons (Fsp3) is 0.316. The minimum Gasteiger partial charge on any atom is -0.379 e. The van der Waals surface area contributed by atoms with Crippen molar-refractivity contribution in [1.29, 1.82) is 0 Å². The summed E-state index contributed by atoms with van der Waals surface area (Å²) < 4.78 is 20.3. The number of pyridine rings is 1. The van der Waals surface area contributed by atoms with E-state index in [0.29, 0.717) is 33.8 Å². The van der Waals surface area contributed by atoms with Gasteiger partial charge in [-0.3, -0.25) is 4.79 Å². The quantitative estimate of drug-likeness (QED) is 0.787. The number of nitrogens with zero attached hydrogens (tertiary/aromatic N) is 2. The third-order valence-corrected chi connectivity index (χ3v) is 5.89. The number of hydrogen-bond donors (Lipinski definition) is 2. The van der Waals surface area contributed by atoms with E-state index in [1.54, 1.807) is 12.1 Å². The Morgan fingerprint density at radius 1 is 1.39 bits per heavy atom. The maximum Gasteiger partial charge on any atom is 0.274 e. The van der Waals surface area contributed by atoms with E-state index in [2.05, 4.69) is 15.3 Å². The first-order chi connectivity index (χ1) is 13.0. The highest BCUT2D eigenvalue weighted by molar-refractivity contribution is 8.13. The van der Waals surface area contributed by atoms with Gasteiger partial charge in [0, 0.05) is 29.1 Å². The minimum absolute atomic E-state index is 0. The summed E-state index contributed by atoms with van der Waals surface area (Å²) in [7, 11) is 0. The lowest BCUT2D eigenvalue weighted by molar-refractivity contribution is 0.102. The van der Waals surface area contributed by atoms with Crippen LogP contribution in [0.15, 0.2) is 41.5 Å². The number of nitrogens with two attached hydrogens (primary N) is 1. The van der Waals surface area contributed by atoms with Crippen molar-refractivity contribution in [2.75, 3.05) is 24.3 Å². The largest absolute Gasteiger partial charge is 0.379 e. The van der Waals surface area contributed by atoms with E-state index < -0.39 is 17.3 Å². The average molecular weight is 423 g/mol. The van der Waals surface area contributed by atoms with Crippen LogP contribution in [0.1, 0.15) is 23.5 Å². The molecule has 0 unspecified atom stereocenters. The molecule has 0 aliphatic carbocycles. The van der Waals surface area contributed by atoms with E-state index in [1.165, 1.54) is 36.2 Å². The average Bonchev–Trinajstić information content (AvgIpc) is 3.07. The second-order valence-electron chi connectivity index (χ2n) is 6.41. The van der Waals surface area contributed by atoms with Gasteiger partial charge in [0.25, 0.3) is 5.91 Å². The number of nitrogens with one attached hydrogen (secondary N) is 1. The maximum atomic E-state index is 14.7. The van der Waals surface area contributed by atoms with Crippen molar-refractivity contribution >= 4 is 40.1 Å². The first-order valence-corrected chi connectivity index (χ1v) is 9.63. The molecular weight excluding hydrogens is 403 g/mol. The van der Waals surface area contributed by atoms with Gasteiger partial charge in [-0.25, -0.2) is 14.4 Å². The van der Waals surface area contributed by atoms with Gasteiger partial charge in [-0.1, -0.05) is 30.8 Å². The predicted molar refractivity (Wildman–Crippen MR) is 110 cm³/mol. The van der Waals surface area contributed by atoms with Crippen molar-refractivity contribution in [3.8, 4) is 0 Å². The van der Waals surface area contributed by atoms with Crippen LogP contribution in [0.4, 0.5) is 10.1 Å².